The van der Waals surface area contributed by atoms with Crippen LogP contribution in [0.25, 0.3) is 0 Å². The summed E-state index contributed by atoms with van der Waals surface area (Å²) >= 11 is 6.76. The zero-order valence-electron chi connectivity index (χ0n) is 9.61. The number of carbonyl (C=O) groups is 1. The molecule has 0 saturated carbocycles. The number of carbonyl (C=O) groups excluding carboxylic acids is 1. The molecule has 0 bridgehead atoms. The van der Waals surface area contributed by atoms with Crippen molar-refractivity contribution in [2.75, 3.05) is 7.11 Å². The SMILES string of the molecule is COC(=O)CC(c1ncc(Br)cc1Br)C(C)N. The Labute approximate surface area is 117 Å². The lowest BCUT2D eigenvalue weighted by Crippen LogP contribution is -2.28. The van der Waals surface area contributed by atoms with Crippen LogP contribution in [0.1, 0.15) is 25.0 Å². The van der Waals surface area contributed by atoms with E-state index < -0.39 is 0 Å². The van der Waals surface area contributed by atoms with Crippen LogP contribution in [0.4, 0.5) is 0 Å². The second-order valence-corrected chi connectivity index (χ2v) is 5.54. The van der Waals surface area contributed by atoms with Gasteiger partial charge in [-0.2, -0.15) is 0 Å². The average Bonchev–Trinajstić information content (AvgIpc) is 2.26. The van der Waals surface area contributed by atoms with Crippen molar-refractivity contribution in [2.45, 2.75) is 25.3 Å². The van der Waals surface area contributed by atoms with Crippen molar-refractivity contribution in [3.63, 3.8) is 0 Å². The largest absolute Gasteiger partial charge is 0.469 e. The molecule has 0 aliphatic carbocycles. The van der Waals surface area contributed by atoms with Gasteiger partial charge in [0.15, 0.2) is 0 Å². The highest BCUT2D eigenvalue weighted by Gasteiger charge is 2.23. The summed E-state index contributed by atoms with van der Waals surface area (Å²) in [5, 5.41) is 0. The lowest BCUT2D eigenvalue weighted by molar-refractivity contribution is -0.141. The Morgan fingerprint density at radius 1 is 1.59 bits per heavy atom. The molecule has 94 valence electrons. The van der Waals surface area contributed by atoms with Crippen molar-refractivity contribution >= 4 is 37.8 Å². The zero-order valence-corrected chi connectivity index (χ0v) is 12.8. The lowest BCUT2D eigenvalue weighted by Gasteiger charge is -2.20. The number of halogens is 2. The molecule has 0 aromatic carbocycles. The Kier molecular flexibility index (Phi) is 5.55. The Hall–Kier alpha value is -0.460. The molecule has 0 radical (unpaired) electrons. The standard InChI is InChI=1S/C11H14Br2N2O2/c1-6(14)8(4-10(16)17-2)11-9(13)3-7(12)5-15-11/h3,5-6,8H,4,14H2,1-2H3. The predicted molar refractivity (Wildman–Crippen MR) is 72.7 cm³/mol. The summed E-state index contributed by atoms with van der Waals surface area (Å²) in [4.78, 5) is 15.7. The van der Waals surface area contributed by atoms with E-state index in [1.165, 1.54) is 7.11 Å². The molecule has 2 N–H and O–H groups in total. The van der Waals surface area contributed by atoms with Crippen LogP contribution < -0.4 is 5.73 Å². The van der Waals surface area contributed by atoms with E-state index in [1.54, 1.807) is 6.20 Å². The van der Waals surface area contributed by atoms with Crippen LogP contribution in [0.2, 0.25) is 0 Å². The van der Waals surface area contributed by atoms with Gasteiger partial charge in [0, 0.05) is 27.1 Å². The highest BCUT2D eigenvalue weighted by atomic mass is 79.9. The van der Waals surface area contributed by atoms with Gasteiger partial charge in [0.1, 0.15) is 0 Å². The first kappa shape index (κ1) is 14.6. The second-order valence-electron chi connectivity index (χ2n) is 3.77. The molecule has 0 aliphatic rings. The molecule has 4 nitrogen and oxygen atoms in total. The highest BCUT2D eigenvalue weighted by Crippen LogP contribution is 2.29. The summed E-state index contributed by atoms with van der Waals surface area (Å²) in [6, 6.07) is 1.70. The maximum Gasteiger partial charge on any atom is 0.306 e. The third-order valence-corrected chi connectivity index (χ3v) is 3.51. The number of hydrogen-bond acceptors (Lipinski definition) is 4. The van der Waals surface area contributed by atoms with Crippen LogP contribution in [-0.4, -0.2) is 24.1 Å². The van der Waals surface area contributed by atoms with Gasteiger partial charge in [0.2, 0.25) is 0 Å². The number of ether oxygens (including phenoxy) is 1. The molecule has 0 amide bonds. The summed E-state index contributed by atoms with van der Waals surface area (Å²) in [5.41, 5.74) is 6.67. The van der Waals surface area contributed by atoms with Crippen LogP contribution in [0, 0.1) is 0 Å². The van der Waals surface area contributed by atoms with E-state index in [4.69, 9.17) is 5.73 Å². The van der Waals surface area contributed by atoms with Gasteiger partial charge in [0.05, 0.1) is 19.2 Å². The Bertz CT molecular complexity index is 410. The molecule has 0 spiro atoms. The monoisotopic (exact) mass is 364 g/mol. The van der Waals surface area contributed by atoms with Gasteiger partial charge in [-0.3, -0.25) is 9.78 Å². The molecule has 1 aromatic heterocycles. The quantitative estimate of drug-likeness (QED) is 0.833. The number of rotatable bonds is 4. The molecule has 1 heterocycles. The predicted octanol–water partition coefficient (Wildman–Crippen LogP) is 2.60. The minimum absolute atomic E-state index is 0.162. The maximum atomic E-state index is 11.3. The normalized spacial score (nSPS) is 14.2. The maximum absolute atomic E-state index is 11.3. The second kappa shape index (κ2) is 6.47. The molecule has 2 unspecified atom stereocenters. The van der Waals surface area contributed by atoms with E-state index in [2.05, 4.69) is 41.6 Å². The van der Waals surface area contributed by atoms with E-state index in [0.717, 1.165) is 14.6 Å². The summed E-state index contributed by atoms with van der Waals surface area (Å²) in [7, 11) is 1.37. The van der Waals surface area contributed by atoms with Crippen LogP contribution in [0.3, 0.4) is 0 Å². The molecule has 1 aromatic rings. The Morgan fingerprint density at radius 3 is 2.71 bits per heavy atom. The third kappa shape index (κ3) is 4.04. The van der Waals surface area contributed by atoms with Crippen molar-refractivity contribution in [1.82, 2.24) is 4.98 Å². The Morgan fingerprint density at radius 2 is 2.24 bits per heavy atom. The fraction of sp³-hybridized carbons (Fsp3) is 0.455. The smallest absolute Gasteiger partial charge is 0.306 e. The van der Waals surface area contributed by atoms with E-state index in [-0.39, 0.29) is 24.3 Å². The fourth-order valence-corrected chi connectivity index (χ4v) is 2.77. The zero-order chi connectivity index (χ0) is 13.0. The Balaban J connectivity index is 3.01. The van der Waals surface area contributed by atoms with Crippen molar-refractivity contribution in [3.05, 3.63) is 26.9 Å². The molecule has 6 heteroatoms. The molecular formula is C11H14Br2N2O2. The van der Waals surface area contributed by atoms with Crippen molar-refractivity contribution in [3.8, 4) is 0 Å². The third-order valence-electron chi connectivity index (χ3n) is 2.44. The van der Waals surface area contributed by atoms with Crippen molar-refractivity contribution in [1.29, 1.82) is 0 Å². The number of nitrogens with two attached hydrogens (primary N) is 1. The number of nitrogens with zero attached hydrogens (tertiary/aromatic N) is 1. The summed E-state index contributed by atoms with van der Waals surface area (Å²) < 4.78 is 6.37. The molecule has 0 saturated heterocycles. The fourth-order valence-electron chi connectivity index (χ4n) is 1.49. The number of aromatic nitrogens is 1. The van der Waals surface area contributed by atoms with Gasteiger partial charge in [-0.1, -0.05) is 0 Å². The number of methoxy groups -OCH3 is 1. The minimum atomic E-state index is -0.288. The topological polar surface area (TPSA) is 65.2 Å². The molecule has 0 aliphatic heterocycles. The van der Waals surface area contributed by atoms with E-state index in [9.17, 15) is 4.79 Å². The number of esters is 1. The summed E-state index contributed by atoms with van der Waals surface area (Å²) in [6.07, 6.45) is 1.91. The van der Waals surface area contributed by atoms with Crippen LogP contribution in [-0.2, 0) is 9.53 Å². The van der Waals surface area contributed by atoms with Gasteiger partial charge in [0.25, 0.3) is 0 Å². The highest BCUT2D eigenvalue weighted by molar-refractivity contribution is 9.11. The number of pyridine rings is 1. The van der Waals surface area contributed by atoms with Crippen LogP contribution in [0.5, 0.6) is 0 Å². The molecule has 1 rings (SSSR count). The summed E-state index contributed by atoms with van der Waals surface area (Å²) in [5.74, 6) is -0.450. The first-order valence-electron chi connectivity index (χ1n) is 5.09. The minimum Gasteiger partial charge on any atom is -0.469 e. The first-order chi connectivity index (χ1) is 7.95. The van der Waals surface area contributed by atoms with Gasteiger partial charge >= 0.3 is 5.97 Å². The van der Waals surface area contributed by atoms with E-state index in [0.29, 0.717) is 0 Å². The first-order valence-corrected chi connectivity index (χ1v) is 6.67. The van der Waals surface area contributed by atoms with E-state index >= 15 is 0 Å². The molecule has 17 heavy (non-hydrogen) atoms. The lowest BCUT2D eigenvalue weighted by atomic mass is 9.94. The average molecular weight is 366 g/mol. The van der Waals surface area contributed by atoms with E-state index in [1.807, 2.05) is 13.0 Å². The van der Waals surface area contributed by atoms with Gasteiger partial charge < -0.3 is 10.5 Å². The van der Waals surface area contributed by atoms with Gasteiger partial charge in [-0.15, -0.1) is 0 Å². The number of hydrogen-bond donors (Lipinski definition) is 1. The molecular weight excluding hydrogens is 352 g/mol. The van der Waals surface area contributed by atoms with Crippen molar-refractivity contribution < 1.29 is 9.53 Å². The van der Waals surface area contributed by atoms with Gasteiger partial charge in [-0.05, 0) is 44.8 Å². The molecule has 0 fully saturated rings. The van der Waals surface area contributed by atoms with Crippen molar-refractivity contribution in [2.24, 2.45) is 5.73 Å². The van der Waals surface area contributed by atoms with Crippen LogP contribution in [0.15, 0.2) is 21.2 Å². The van der Waals surface area contributed by atoms with Gasteiger partial charge in [-0.25, -0.2) is 0 Å². The summed E-state index contributed by atoms with van der Waals surface area (Å²) in [6.45, 7) is 1.85. The molecule has 2 atom stereocenters. The van der Waals surface area contributed by atoms with Crippen LogP contribution >= 0.6 is 31.9 Å².